The van der Waals surface area contributed by atoms with Crippen molar-refractivity contribution in [2.24, 2.45) is 0 Å². The van der Waals surface area contributed by atoms with Crippen molar-refractivity contribution in [3.05, 3.63) is 47.1 Å². The van der Waals surface area contributed by atoms with E-state index in [4.69, 9.17) is 16.3 Å². The van der Waals surface area contributed by atoms with Gasteiger partial charge in [-0.15, -0.1) is 0 Å². The van der Waals surface area contributed by atoms with Gasteiger partial charge in [0.2, 0.25) is 0 Å². The Kier molecular flexibility index (Phi) is 6.52. The summed E-state index contributed by atoms with van der Waals surface area (Å²) < 4.78 is 7.49. The Hall–Kier alpha value is -2.05. The van der Waals surface area contributed by atoms with Crippen LogP contribution in [-0.2, 0) is 11.3 Å². The summed E-state index contributed by atoms with van der Waals surface area (Å²) in [5.41, 5.74) is 1.07. The van der Waals surface area contributed by atoms with Crippen molar-refractivity contribution in [2.45, 2.75) is 38.3 Å². The van der Waals surface area contributed by atoms with Gasteiger partial charge < -0.3 is 9.64 Å². The Bertz CT molecular complexity index is 711. The fourth-order valence-electron chi connectivity index (χ4n) is 3.01. The van der Waals surface area contributed by atoms with Crippen LogP contribution in [0.3, 0.4) is 0 Å². The third-order valence-corrected chi connectivity index (χ3v) is 4.86. The Morgan fingerprint density at radius 2 is 2.15 bits per heavy atom. The van der Waals surface area contributed by atoms with Crippen molar-refractivity contribution in [2.75, 3.05) is 25.5 Å². The number of benzene rings is 1. The van der Waals surface area contributed by atoms with Crippen LogP contribution in [0.5, 0.6) is 0 Å². The van der Waals surface area contributed by atoms with Gasteiger partial charge in [-0.25, -0.2) is 9.48 Å². The number of carbonyl (C=O) groups excluding carboxylic acids is 1. The standard InChI is InChI=1S/C19H25ClN4O2/c1-23(12-10-17-4-2-3-13-26-17)19(25)22-18-9-11-21-24(18)14-15-5-7-16(20)8-6-15/h5-9,11,17H,2-4,10,12-14H2,1H3,(H,22,25)/t17-/m1/s1. The maximum Gasteiger partial charge on any atom is 0.322 e. The van der Waals surface area contributed by atoms with Gasteiger partial charge in [0, 0.05) is 31.3 Å². The fourth-order valence-corrected chi connectivity index (χ4v) is 3.13. The predicted molar refractivity (Wildman–Crippen MR) is 103 cm³/mol. The maximum atomic E-state index is 12.4. The molecule has 1 fully saturated rings. The first-order valence-corrected chi connectivity index (χ1v) is 9.39. The third-order valence-electron chi connectivity index (χ3n) is 4.60. The number of halogens is 1. The molecule has 1 aliphatic rings. The zero-order chi connectivity index (χ0) is 18.4. The molecular weight excluding hydrogens is 352 g/mol. The van der Waals surface area contributed by atoms with Crippen LogP contribution in [0.4, 0.5) is 10.6 Å². The van der Waals surface area contributed by atoms with E-state index in [0.29, 0.717) is 23.9 Å². The van der Waals surface area contributed by atoms with Crippen LogP contribution in [0.15, 0.2) is 36.5 Å². The fraction of sp³-hybridized carbons (Fsp3) is 0.474. The molecule has 0 aliphatic carbocycles. The van der Waals surface area contributed by atoms with E-state index in [2.05, 4.69) is 10.4 Å². The Balaban J connectivity index is 1.52. The summed E-state index contributed by atoms with van der Waals surface area (Å²) in [5.74, 6) is 0.672. The van der Waals surface area contributed by atoms with Gasteiger partial charge in [0.25, 0.3) is 0 Å². The molecule has 1 N–H and O–H groups in total. The average Bonchev–Trinajstić information content (AvgIpc) is 3.09. The molecule has 1 aliphatic heterocycles. The second-order valence-electron chi connectivity index (χ2n) is 6.63. The number of amides is 2. The second-order valence-corrected chi connectivity index (χ2v) is 7.07. The molecule has 1 saturated heterocycles. The molecule has 6 nitrogen and oxygen atoms in total. The molecule has 1 aromatic carbocycles. The van der Waals surface area contributed by atoms with Crippen LogP contribution in [0.2, 0.25) is 5.02 Å². The Morgan fingerprint density at radius 3 is 2.88 bits per heavy atom. The molecule has 1 atom stereocenters. The highest BCUT2D eigenvalue weighted by Crippen LogP contribution is 2.17. The molecule has 7 heteroatoms. The molecule has 0 radical (unpaired) electrons. The zero-order valence-corrected chi connectivity index (χ0v) is 15.8. The number of urea groups is 1. The molecule has 0 spiro atoms. The maximum absolute atomic E-state index is 12.4. The quantitative estimate of drug-likeness (QED) is 0.828. The first-order chi connectivity index (χ1) is 12.6. The number of nitrogens with zero attached hydrogens (tertiary/aromatic N) is 3. The monoisotopic (exact) mass is 376 g/mol. The first-order valence-electron chi connectivity index (χ1n) is 9.02. The molecule has 1 aromatic heterocycles. The minimum atomic E-state index is -0.140. The SMILES string of the molecule is CN(CC[C@H]1CCCCO1)C(=O)Nc1ccnn1Cc1ccc(Cl)cc1. The minimum absolute atomic E-state index is 0.140. The second kappa shape index (κ2) is 9.05. The van der Waals surface area contributed by atoms with E-state index in [1.165, 1.54) is 6.42 Å². The van der Waals surface area contributed by atoms with Crippen LogP contribution in [0.1, 0.15) is 31.2 Å². The number of aromatic nitrogens is 2. The summed E-state index contributed by atoms with van der Waals surface area (Å²) in [6, 6.07) is 9.25. The van der Waals surface area contributed by atoms with Crippen LogP contribution >= 0.6 is 11.6 Å². The topological polar surface area (TPSA) is 59.4 Å². The number of rotatable bonds is 6. The number of anilines is 1. The summed E-state index contributed by atoms with van der Waals surface area (Å²) >= 11 is 5.92. The largest absolute Gasteiger partial charge is 0.378 e. The van der Waals surface area contributed by atoms with Crippen molar-refractivity contribution in [1.29, 1.82) is 0 Å². The van der Waals surface area contributed by atoms with E-state index in [0.717, 1.165) is 31.4 Å². The number of carbonyl (C=O) groups is 1. The van der Waals surface area contributed by atoms with Gasteiger partial charge in [0.05, 0.1) is 18.8 Å². The summed E-state index contributed by atoms with van der Waals surface area (Å²) in [4.78, 5) is 14.1. The molecule has 26 heavy (non-hydrogen) atoms. The van der Waals surface area contributed by atoms with Gasteiger partial charge in [-0.1, -0.05) is 23.7 Å². The molecule has 0 saturated carbocycles. The lowest BCUT2D eigenvalue weighted by Crippen LogP contribution is -2.35. The lowest BCUT2D eigenvalue weighted by molar-refractivity contribution is 0.00848. The summed E-state index contributed by atoms with van der Waals surface area (Å²) in [6.45, 7) is 2.08. The van der Waals surface area contributed by atoms with Crippen LogP contribution in [-0.4, -0.2) is 47.0 Å². The minimum Gasteiger partial charge on any atom is -0.378 e. The van der Waals surface area contributed by atoms with Crippen molar-refractivity contribution >= 4 is 23.4 Å². The molecule has 0 unspecified atom stereocenters. The normalized spacial score (nSPS) is 17.1. The number of nitrogens with one attached hydrogen (secondary N) is 1. The smallest absolute Gasteiger partial charge is 0.322 e. The summed E-state index contributed by atoms with van der Waals surface area (Å²) in [7, 11) is 1.80. The highest BCUT2D eigenvalue weighted by atomic mass is 35.5. The summed E-state index contributed by atoms with van der Waals surface area (Å²) in [5, 5.41) is 7.93. The van der Waals surface area contributed by atoms with E-state index in [1.54, 1.807) is 28.9 Å². The van der Waals surface area contributed by atoms with E-state index in [9.17, 15) is 4.79 Å². The van der Waals surface area contributed by atoms with E-state index < -0.39 is 0 Å². The van der Waals surface area contributed by atoms with Crippen LogP contribution < -0.4 is 5.32 Å². The van der Waals surface area contributed by atoms with E-state index in [1.807, 2.05) is 24.3 Å². The number of hydrogen-bond acceptors (Lipinski definition) is 3. The van der Waals surface area contributed by atoms with Crippen molar-refractivity contribution in [3.8, 4) is 0 Å². The highest BCUT2D eigenvalue weighted by Gasteiger charge is 2.17. The van der Waals surface area contributed by atoms with Gasteiger partial charge in [-0.2, -0.15) is 5.10 Å². The van der Waals surface area contributed by atoms with Gasteiger partial charge in [-0.3, -0.25) is 5.32 Å². The number of ether oxygens (including phenoxy) is 1. The molecule has 2 heterocycles. The molecule has 0 bridgehead atoms. The van der Waals surface area contributed by atoms with E-state index >= 15 is 0 Å². The molecule has 2 aromatic rings. The Labute approximate surface area is 159 Å². The zero-order valence-electron chi connectivity index (χ0n) is 15.0. The lowest BCUT2D eigenvalue weighted by Gasteiger charge is -2.25. The van der Waals surface area contributed by atoms with Gasteiger partial charge in [0.15, 0.2) is 0 Å². The van der Waals surface area contributed by atoms with Crippen molar-refractivity contribution < 1.29 is 9.53 Å². The van der Waals surface area contributed by atoms with Gasteiger partial charge in [-0.05, 0) is 43.4 Å². The van der Waals surface area contributed by atoms with Gasteiger partial charge >= 0.3 is 6.03 Å². The van der Waals surface area contributed by atoms with Crippen LogP contribution in [0.25, 0.3) is 0 Å². The summed E-state index contributed by atoms with van der Waals surface area (Å²) in [6.07, 6.45) is 6.27. The van der Waals surface area contributed by atoms with E-state index in [-0.39, 0.29) is 12.1 Å². The molecule has 2 amide bonds. The van der Waals surface area contributed by atoms with Crippen molar-refractivity contribution in [3.63, 3.8) is 0 Å². The third kappa shape index (κ3) is 5.22. The van der Waals surface area contributed by atoms with Crippen LogP contribution in [0, 0.1) is 0 Å². The highest BCUT2D eigenvalue weighted by molar-refractivity contribution is 6.30. The Morgan fingerprint density at radius 1 is 1.35 bits per heavy atom. The predicted octanol–water partition coefficient (Wildman–Crippen LogP) is 4.01. The average molecular weight is 377 g/mol. The molecular formula is C19H25ClN4O2. The lowest BCUT2D eigenvalue weighted by atomic mass is 10.1. The molecule has 3 rings (SSSR count). The number of hydrogen-bond donors (Lipinski definition) is 1. The van der Waals surface area contributed by atoms with Crippen molar-refractivity contribution in [1.82, 2.24) is 14.7 Å². The molecule has 140 valence electrons. The van der Waals surface area contributed by atoms with Gasteiger partial charge in [0.1, 0.15) is 5.82 Å². The first kappa shape index (κ1) is 18.7.